The zero-order chi connectivity index (χ0) is 33.1. The molecule has 0 bridgehead atoms. The minimum absolute atomic E-state index is 0.0438. The summed E-state index contributed by atoms with van der Waals surface area (Å²) in [5, 5.41) is 15.3. The van der Waals surface area contributed by atoms with Crippen molar-refractivity contribution < 1.29 is 24.2 Å². The number of carbonyl (C=O) groups excluding carboxylic acids is 2. The predicted molar refractivity (Wildman–Crippen MR) is 175 cm³/mol. The number of amidine groups is 1. The maximum atomic E-state index is 13.4. The number of hydrogen-bond acceptors (Lipinski definition) is 8. The van der Waals surface area contributed by atoms with Crippen LogP contribution in [0, 0.1) is 0 Å². The second kappa shape index (κ2) is 15.7. The van der Waals surface area contributed by atoms with Gasteiger partial charge in [0.25, 0.3) is 5.56 Å². The molecule has 46 heavy (non-hydrogen) atoms. The molecule has 13 nitrogen and oxygen atoms in total. The summed E-state index contributed by atoms with van der Waals surface area (Å²) in [6.45, 7) is 1.60. The molecule has 3 aromatic rings. The molecule has 238 valence electrons. The van der Waals surface area contributed by atoms with Crippen molar-refractivity contribution in [2.75, 3.05) is 17.6 Å². The number of carbonyl (C=O) groups is 3. The number of nitrogens with two attached hydrogens (primary N) is 2. The van der Waals surface area contributed by atoms with Crippen LogP contribution >= 0.6 is 0 Å². The van der Waals surface area contributed by atoms with Gasteiger partial charge in [-0.1, -0.05) is 60.7 Å². The zero-order valence-corrected chi connectivity index (χ0v) is 25.2. The highest BCUT2D eigenvalue weighted by Crippen LogP contribution is 2.25. The number of benzene rings is 2. The Kier molecular flexibility index (Phi) is 11.2. The minimum atomic E-state index is -1.19. The van der Waals surface area contributed by atoms with Crippen LogP contribution in [0.1, 0.15) is 35.7 Å². The summed E-state index contributed by atoms with van der Waals surface area (Å²) in [6.07, 6.45) is 10.7. The molecule has 1 aliphatic rings. The second-order valence-corrected chi connectivity index (χ2v) is 10.3. The monoisotopic (exact) mass is 625 g/mol. The number of hydrogen-bond donors (Lipinski definition) is 5. The topological polar surface area (TPSA) is 204 Å². The molecule has 1 saturated carbocycles. The highest BCUT2D eigenvalue weighted by atomic mass is 16.5. The molecule has 0 radical (unpaired) electrons. The van der Waals surface area contributed by atoms with Crippen LogP contribution in [-0.2, 0) is 22.7 Å². The molecule has 7 N–H and O–H groups in total. The van der Waals surface area contributed by atoms with Crippen LogP contribution < -0.4 is 27.7 Å². The van der Waals surface area contributed by atoms with E-state index in [1.807, 2.05) is 30.3 Å². The number of aliphatic imine (C=N–C) groups is 1. The highest BCUT2D eigenvalue weighted by molar-refractivity contribution is 6.04. The number of amides is 2. The fraction of sp³-hybridized carbons (Fsp3) is 0.212. The van der Waals surface area contributed by atoms with Gasteiger partial charge in [-0.2, -0.15) is 4.99 Å². The lowest BCUT2D eigenvalue weighted by atomic mass is 10.1. The number of allylic oxidation sites excluding steroid dienone is 3. The molecule has 1 heterocycles. The van der Waals surface area contributed by atoms with Crippen LogP contribution in [0.5, 0.6) is 0 Å². The van der Waals surface area contributed by atoms with Gasteiger partial charge < -0.3 is 31.9 Å². The molecule has 1 aliphatic carbocycles. The number of nitrogens with zero attached hydrogens (tertiary/aromatic N) is 3. The van der Waals surface area contributed by atoms with E-state index < -0.39 is 23.5 Å². The van der Waals surface area contributed by atoms with Crippen LogP contribution in [0.25, 0.3) is 11.3 Å². The van der Waals surface area contributed by atoms with Crippen molar-refractivity contribution in [1.82, 2.24) is 14.9 Å². The summed E-state index contributed by atoms with van der Waals surface area (Å²) in [6, 6.07) is 13.5. The third-order valence-corrected chi connectivity index (χ3v) is 6.66. The third-order valence-electron chi connectivity index (χ3n) is 6.66. The van der Waals surface area contributed by atoms with Gasteiger partial charge in [0, 0.05) is 29.4 Å². The Morgan fingerprint density at radius 2 is 1.93 bits per heavy atom. The van der Waals surface area contributed by atoms with Gasteiger partial charge in [-0.15, -0.1) is 0 Å². The molecule has 0 aliphatic heterocycles. The van der Waals surface area contributed by atoms with Crippen molar-refractivity contribution in [2.45, 2.75) is 39.0 Å². The molecule has 0 atom stereocenters. The average Bonchev–Trinajstić information content (AvgIpc) is 3.85. The molecule has 0 saturated heterocycles. The Morgan fingerprint density at radius 1 is 1.17 bits per heavy atom. The molecular weight excluding hydrogens is 590 g/mol. The van der Waals surface area contributed by atoms with E-state index in [1.165, 1.54) is 29.0 Å². The van der Waals surface area contributed by atoms with E-state index in [1.54, 1.807) is 37.3 Å². The quantitative estimate of drug-likeness (QED) is 0.0807. The van der Waals surface area contributed by atoms with Crippen molar-refractivity contribution in [3.05, 3.63) is 112 Å². The molecular formula is C33H35N7O6. The van der Waals surface area contributed by atoms with Gasteiger partial charge in [-0.25, -0.2) is 14.6 Å². The van der Waals surface area contributed by atoms with Gasteiger partial charge in [-0.3, -0.25) is 14.2 Å². The molecule has 2 amide bonds. The number of aromatic nitrogens is 2. The molecule has 13 heteroatoms. The summed E-state index contributed by atoms with van der Waals surface area (Å²) in [5.41, 5.74) is 13.4. The lowest BCUT2D eigenvalue weighted by molar-refractivity contribution is -0.121. The maximum Gasteiger partial charge on any atom is 0.435 e. The predicted octanol–water partition coefficient (Wildman–Crippen LogP) is 3.63. The Morgan fingerprint density at radius 3 is 2.63 bits per heavy atom. The summed E-state index contributed by atoms with van der Waals surface area (Å²) in [5.74, 6) is -1.60. The molecule has 1 aromatic heterocycles. The Balaban J connectivity index is 1.43. The first kappa shape index (κ1) is 32.9. The van der Waals surface area contributed by atoms with Crippen molar-refractivity contribution in [3.63, 3.8) is 0 Å². The van der Waals surface area contributed by atoms with Gasteiger partial charge in [0.1, 0.15) is 19.0 Å². The van der Waals surface area contributed by atoms with Crippen molar-refractivity contribution in [3.8, 4) is 11.3 Å². The number of carboxylic acids is 1. The van der Waals surface area contributed by atoms with E-state index in [2.05, 4.69) is 20.6 Å². The van der Waals surface area contributed by atoms with Crippen molar-refractivity contribution >= 4 is 35.3 Å². The molecule has 2 aromatic carbocycles. The maximum absolute atomic E-state index is 13.4. The van der Waals surface area contributed by atoms with Crippen LogP contribution in [0.15, 0.2) is 100 Å². The smallest absolute Gasteiger partial charge is 0.435 e. The molecule has 1 fully saturated rings. The first-order chi connectivity index (χ1) is 22.1. The van der Waals surface area contributed by atoms with Crippen LogP contribution in [0.2, 0.25) is 0 Å². The first-order valence-electron chi connectivity index (χ1n) is 14.5. The number of nitrogen functional groups attached to an aromatic ring is 1. The van der Waals surface area contributed by atoms with E-state index >= 15 is 0 Å². The number of ether oxygens (including phenoxy) is 1. The Labute approximate surface area is 265 Å². The van der Waals surface area contributed by atoms with Crippen LogP contribution in [-0.4, -0.2) is 51.0 Å². The van der Waals surface area contributed by atoms with Gasteiger partial charge in [0.2, 0.25) is 5.91 Å². The van der Waals surface area contributed by atoms with Gasteiger partial charge >= 0.3 is 12.1 Å². The number of carboxylic acid groups (broad SMARTS) is 1. The summed E-state index contributed by atoms with van der Waals surface area (Å²) in [4.78, 5) is 58.1. The number of nitrogens with one attached hydrogen (secondary N) is 2. The fourth-order valence-corrected chi connectivity index (χ4v) is 4.25. The van der Waals surface area contributed by atoms with Crippen LogP contribution in [0.4, 0.5) is 16.3 Å². The van der Waals surface area contributed by atoms with Gasteiger partial charge in [0.05, 0.1) is 17.5 Å². The third kappa shape index (κ3) is 9.51. The normalized spacial score (nSPS) is 13.6. The fourth-order valence-electron chi connectivity index (χ4n) is 4.25. The molecule has 4 rings (SSSR count). The van der Waals surface area contributed by atoms with Crippen molar-refractivity contribution in [2.24, 2.45) is 10.7 Å². The Bertz CT molecular complexity index is 1770. The van der Waals surface area contributed by atoms with E-state index in [4.69, 9.17) is 16.2 Å². The van der Waals surface area contributed by atoms with Gasteiger partial charge in [-0.05, 0) is 43.5 Å². The molecule has 0 spiro atoms. The summed E-state index contributed by atoms with van der Waals surface area (Å²) in [7, 11) is 0. The van der Waals surface area contributed by atoms with Crippen LogP contribution in [0.3, 0.4) is 0 Å². The van der Waals surface area contributed by atoms with Gasteiger partial charge in [0.15, 0.2) is 5.82 Å². The minimum Gasteiger partial charge on any atom is -0.478 e. The zero-order valence-electron chi connectivity index (χ0n) is 25.2. The average molecular weight is 626 g/mol. The lowest BCUT2D eigenvalue weighted by Gasteiger charge is -2.15. The van der Waals surface area contributed by atoms with E-state index in [9.17, 15) is 24.3 Å². The molecule has 0 unspecified atom stereocenters. The Hall–Kier alpha value is -5.98. The van der Waals surface area contributed by atoms with Crippen molar-refractivity contribution in [1.29, 1.82) is 0 Å². The number of rotatable bonds is 13. The lowest BCUT2D eigenvalue weighted by Crippen LogP contribution is -2.34. The standard InChI is InChI=1S/C33H35N7O6/c1-2-8-22(29(35)39-33(45)46-20-21-9-4-3-5-10-21)11-6-7-14-36-28(41)19-40-27(18-37-30(31(40)42)38-26-12-13-26)23-15-24(32(43)44)17-25(34)16-23/h2-11,15-18,26H,12-14,19-20,34H2,1H3,(H,36,41)(H,37,38)(H,43,44)(H2,35,39,45)/b7-6+,8-2-,22-11+. The number of aromatic carboxylic acids is 1. The summed E-state index contributed by atoms with van der Waals surface area (Å²) >= 11 is 0. The van der Waals surface area contributed by atoms with E-state index in [0.717, 1.165) is 18.4 Å². The van der Waals surface area contributed by atoms with E-state index in [0.29, 0.717) is 11.1 Å². The second-order valence-electron chi connectivity index (χ2n) is 10.3. The first-order valence-corrected chi connectivity index (χ1v) is 14.5. The number of anilines is 2. The van der Waals surface area contributed by atoms with E-state index in [-0.39, 0.29) is 54.3 Å². The SMILES string of the molecule is C\C=C/C(=C\C=C\CNC(=O)Cn1c(-c2cc(N)cc(C(=O)O)c2)cnc(NC2CC2)c1=O)C(/N)=N/C(=O)OCc1ccccc1. The highest BCUT2D eigenvalue weighted by Gasteiger charge is 2.24. The largest absolute Gasteiger partial charge is 0.478 e. The summed E-state index contributed by atoms with van der Waals surface area (Å²) < 4.78 is 6.39.